The number of hydrogen-bond acceptors (Lipinski definition) is 6. The normalized spacial score (nSPS) is 12.0. The number of aryl methyl sites for hydroxylation is 1. The number of hydrogen-bond donors (Lipinski definition) is 2. The van der Waals surface area contributed by atoms with E-state index in [0.29, 0.717) is 18.3 Å². The van der Waals surface area contributed by atoms with E-state index in [4.69, 9.17) is 10.1 Å². The second-order valence-electron chi connectivity index (χ2n) is 5.77. The third kappa shape index (κ3) is 3.74. The van der Waals surface area contributed by atoms with Gasteiger partial charge in [-0.2, -0.15) is 0 Å². The number of nitrogens with zero attached hydrogens (tertiary/aromatic N) is 3. The molecule has 1 aromatic carbocycles. The fourth-order valence-corrected chi connectivity index (χ4v) is 2.64. The summed E-state index contributed by atoms with van der Waals surface area (Å²) < 4.78 is 5.50. The number of rotatable bonds is 6. The summed E-state index contributed by atoms with van der Waals surface area (Å²) in [5, 5.41) is 11.6. The summed E-state index contributed by atoms with van der Waals surface area (Å²) in [7, 11) is 0. The molecule has 0 spiro atoms. The molecule has 0 amide bonds. The highest BCUT2D eigenvalue weighted by Gasteiger charge is 2.12. The van der Waals surface area contributed by atoms with Gasteiger partial charge in [-0.3, -0.25) is 0 Å². The predicted octanol–water partition coefficient (Wildman–Crippen LogP) is 3.90. The summed E-state index contributed by atoms with van der Waals surface area (Å²) in [6.07, 6.45) is 3.05. The van der Waals surface area contributed by atoms with Crippen molar-refractivity contribution in [2.75, 3.05) is 11.9 Å². The Morgan fingerprint density at radius 3 is 2.68 bits per heavy atom. The van der Waals surface area contributed by atoms with E-state index in [0.717, 1.165) is 27.8 Å². The second kappa shape index (κ2) is 7.25. The van der Waals surface area contributed by atoms with Crippen molar-refractivity contribution in [3.05, 3.63) is 53.5 Å². The minimum absolute atomic E-state index is 0.0565. The van der Waals surface area contributed by atoms with E-state index >= 15 is 0 Å². The Hall–Kier alpha value is -3.02. The molecule has 0 aliphatic heterocycles. The van der Waals surface area contributed by atoms with Crippen LogP contribution in [-0.2, 0) is 0 Å². The van der Waals surface area contributed by atoms with Crippen LogP contribution >= 0.6 is 0 Å². The van der Waals surface area contributed by atoms with Crippen LogP contribution in [0.3, 0.4) is 0 Å². The Balaban J connectivity index is 1.95. The Labute approximate surface area is 146 Å². The maximum absolute atomic E-state index is 7.29. The van der Waals surface area contributed by atoms with Gasteiger partial charge >= 0.3 is 0 Å². The van der Waals surface area contributed by atoms with Gasteiger partial charge in [-0.25, -0.2) is 15.0 Å². The van der Waals surface area contributed by atoms with Gasteiger partial charge in [0.1, 0.15) is 11.6 Å². The molecule has 0 bridgehead atoms. The molecule has 2 heterocycles. The zero-order valence-electron chi connectivity index (χ0n) is 14.6. The number of nitrogens with one attached hydrogen (secondary N) is 2. The molecule has 3 aromatic rings. The summed E-state index contributed by atoms with van der Waals surface area (Å²) in [6.45, 7) is 6.43. The van der Waals surface area contributed by atoms with Gasteiger partial charge in [0.15, 0.2) is 0 Å². The Morgan fingerprint density at radius 2 is 2.00 bits per heavy atom. The molecule has 1 atom stereocenters. The lowest BCUT2D eigenvalue weighted by atomic mass is 10.1. The third-order valence-corrected chi connectivity index (χ3v) is 3.92. The molecule has 0 saturated carbocycles. The van der Waals surface area contributed by atoms with Gasteiger partial charge in [0.05, 0.1) is 18.3 Å². The molecule has 2 aromatic heterocycles. The largest absolute Gasteiger partial charge is 0.478 e. The predicted molar refractivity (Wildman–Crippen MR) is 99.6 cm³/mol. The molecule has 128 valence electrons. The van der Waals surface area contributed by atoms with Crippen LogP contribution in [0.2, 0.25) is 0 Å². The molecule has 6 heteroatoms. The zero-order chi connectivity index (χ0) is 17.8. The van der Waals surface area contributed by atoms with Crippen LogP contribution in [0, 0.1) is 12.3 Å². The van der Waals surface area contributed by atoms with Crippen LogP contribution in [0.25, 0.3) is 10.9 Å². The summed E-state index contributed by atoms with van der Waals surface area (Å²) in [4.78, 5) is 13.3. The number of fused-ring (bicyclic) bond motifs is 1. The van der Waals surface area contributed by atoms with Crippen molar-refractivity contribution in [1.29, 1.82) is 5.41 Å². The molecule has 0 aliphatic carbocycles. The number of aromatic nitrogens is 3. The van der Waals surface area contributed by atoms with E-state index in [1.807, 2.05) is 44.2 Å². The van der Waals surface area contributed by atoms with Crippen molar-refractivity contribution >= 4 is 22.9 Å². The number of ether oxygens (including phenoxy) is 1. The zero-order valence-corrected chi connectivity index (χ0v) is 14.6. The quantitative estimate of drug-likeness (QED) is 0.667. The molecule has 0 fully saturated rings. The average molecular weight is 335 g/mol. The Morgan fingerprint density at radius 1 is 1.24 bits per heavy atom. The minimum Gasteiger partial charge on any atom is -0.478 e. The molecule has 0 aliphatic rings. The Kier molecular flexibility index (Phi) is 4.88. The first-order valence-corrected chi connectivity index (χ1v) is 8.25. The van der Waals surface area contributed by atoms with Gasteiger partial charge in [0.2, 0.25) is 5.88 Å². The highest BCUT2D eigenvalue weighted by Crippen LogP contribution is 2.27. The van der Waals surface area contributed by atoms with Gasteiger partial charge in [0, 0.05) is 23.7 Å². The van der Waals surface area contributed by atoms with Crippen molar-refractivity contribution in [3.8, 4) is 5.88 Å². The van der Waals surface area contributed by atoms with Crippen molar-refractivity contribution < 1.29 is 4.74 Å². The van der Waals surface area contributed by atoms with Gasteiger partial charge < -0.3 is 15.5 Å². The van der Waals surface area contributed by atoms with Crippen LogP contribution in [0.1, 0.15) is 36.8 Å². The highest BCUT2D eigenvalue weighted by atomic mass is 16.5. The van der Waals surface area contributed by atoms with Crippen LogP contribution < -0.4 is 10.1 Å². The van der Waals surface area contributed by atoms with Crippen molar-refractivity contribution in [1.82, 2.24) is 15.0 Å². The highest BCUT2D eigenvalue weighted by molar-refractivity contribution is 5.89. The standard InChI is InChI=1S/C19H21N5O/c1-4-25-18-9-16-17(11-21-18)23-13(3)24-19(16)22-12(2)15-7-5-14(10-20)6-8-15/h5-12,20H,4H2,1-3H3,(H,22,23,24)/t12-/m1/s1. The van der Waals surface area contributed by atoms with E-state index in [1.165, 1.54) is 6.21 Å². The van der Waals surface area contributed by atoms with E-state index < -0.39 is 0 Å². The minimum atomic E-state index is 0.0565. The van der Waals surface area contributed by atoms with E-state index in [-0.39, 0.29) is 6.04 Å². The maximum Gasteiger partial charge on any atom is 0.214 e. The lowest BCUT2D eigenvalue weighted by Gasteiger charge is -2.17. The van der Waals surface area contributed by atoms with Crippen LogP contribution in [-0.4, -0.2) is 27.8 Å². The molecule has 0 unspecified atom stereocenters. The molecular weight excluding hydrogens is 314 g/mol. The molecule has 6 nitrogen and oxygen atoms in total. The van der Waals surface area contributed by atoms with Crippen molar-refractivity contribution in [2.45, 2.75) is 26.8 Å². The molecule has 25 heavy (non-hydrogen) atoms. The summed E-state index contributed by atoms with van der Waals surface area (Å²) >= 11 is 0. The molecule has 0 radical (unpaired) electrons. The lowest BCUT2D eigenvalue weighted by Crippen LogP contribution is -2.10. The third-order valence-electron chi connectivity index (χ3n) is 3.92. The molecular formula is C19H21N5O. The second-order valence-corrected chi connectivity index (χ2v) is 5.77. The molecule has 0 saturated heterocycles. The first-order chi connectivity index (χ1) is 12.1. The number of benzene rings is 1. The monoisotopic (exact) mass is 335 g/mol. The first-order valence-electron chi connectivity index (χ1n) is 8.25. The number of anilines is 1. The van der Waals surface area contributed by atoms with E-state index in [2.05, 4.69) is 27.2 Å². The summed E-state index contributed by atoms with van der Waals surface area (Å²) in [5.74, 6) is 2.01. The Bertz CT molecular complexity index is 892. The van der Waals surface area contributed by atoms with E-state index in [1.54, 1.807) is 6.20 Å². The van der Waals surface area contributed by atoms with E-state index in [9.17, 15) is 0 Å². The maximum atomic E-state index is 7.29. The van der Waals surface area contributed by atoms with Crippen molar-refractivity contribution in [2.24, 2.45) is 0 Å². The SMILES string of the molecule is CCOc1cc2c(N[C@H](C)c3ccc(C=N)cc3)nc(C)nc2cn1. The number of pyridine rings is 1. The fraction of sp³-hybridized carbons (Fsp3) is 0.263. The molecule has 3 rings (SSSR count). The van der Waals surface area contributed by atoms with Crippen molar-refractivity contribution in [3.63, 3.8) is 0 Å². The average Bonchev–Trinajstić information content (AvgIpc) is 2.62. The summed E-state index contributed by atoms with van der Waals surface area (Å²) in [6, 6.07) is 9.82. The van der Waals surface area contributed by atoms with Gasteiger partial charge in [0.25, 0.3) is 0 Å². The van der Waals surface area contributed by atoms with Gasteiger partial charge in [-0.05, 0) is 31.9 Å². The smallest absolute Gasteiger partial charge is 0.214 e. The van der Waals surface area contributed by atoms with Gasteiger partial charge in [-0.1, -0.05) is 24.3 Å². The van der Waals surface area contributed by atoms with Gasteiger partial charge in [-0.15, -0.1) is 0 Å². The first kappa shape index (κ1) is 16.8. The van der Waals surface area contributed by atoms with Crippen LogP contribution in [0.15, 0.2) is 36.5 Å². The fourth-order valence-electron chi connectivity index (χ4n) is 2.64. The van der Waals surface area contributed by atoms with Crippen LogP contribution in [0.4, 0.5) is 5.82 Å². The van der Waals surface area contributed by atoms with Crippen LogP contribution in [0.5, 0.6) is 5.88 Å². The topological polar surface area (TPSA) is 83.8 Å². The summed E-state index contributed by atoms with van der Waals surface area (Å²) in [5.41, 5.74) is 2.78. The lowest BCUT2D eigenvalue weighted by molar-refractivity contribution is 0.327. The molecule has 2 N–H and O–H groups in total.